The zero-order chi connectivity index (χ0) is 18.5. The van der Waals surface area contributed by atoms with Gasteiger partial charge in [0.1, 0.15) is 5.69 Å². The molecule has 0 aromatic carbocycles. The van der Waals surface area contributed by atoms with Gasteiger partial charge in [0.15, 0.2) is 0 Å². The fraction of sp³-hybridized carbons (Fsp3) is 0.684. The standard InChI is InChI=1S/C19H29N5O2/c1-13-16(22-10-9-21-13)18(25)23-15-7-5-14(6-8-15)17(20-2)19(26)24-11-3-4-12-24/h9-10,14-15,17,20H,3-8,11-12H2,1-2H3,(H,23,25)/t14?,15?,17-/m0/s1. The molecule has 2 amide bonds. The van der Waals surface area contributed by atoms with Crippen LogP contribution in [-0.2, 0) is 4.79 Å². The molecule has 0 radical (unpaired) electrons. The van der Waals surface area contributed by atoms with Gasteiger partial charge in [-0.15, -0.1) is 0 Å². The van der Waals surface area contributed by atoms with Crippen molar-refractivity contribution in [1.82, 2.24) is 25.5 Å². The van der Waals surface area contributed by atoms with E-state index in [0.29, 0.717) is 17.3 Å². The van der Waals surface area contributed by atoms with Crippen molar-refractivity contribution in [1.29, 1.82) is 0 Å². The van der Waals surface area contributed by atoms with E-state index in [4.69, 9.17) is 0 Å². The van der Waals surface area contributed by atoms with Crippen LogP contribution in [0.4, 0.5) is 0 Å². The highest BCUT2D eigenvalue weighted by atomic mass is 16.2. The van der Waals surface area contributed by atoms with Crippen molar-refractivity contribution in [3.05, 3.63) is 23.8 Å². The SMILES string of the molecule is CN[C@H](C(=O)N1CCCC1)C1CCC(NC(=O)c2nccnc2C)CC1. The maximum absolute atomic E-state index is 12.7. The first-order chi connectivity index (χ1) is 12.6. The van der Waals surface area contributed by atoms with Gasteiger partial charge in [0.2, 0.25) is 5.91 Å². The molecule has 1 aliphatic carbocycles. The predicted molar refractivity (Wildman–Crippen MR) is 98.6 cm³/mol. The summed E-state index contributed by atoms with van der Waals surface area (Å²) in [5.41, 5.74) is 1.04. The molecule has 2 aliphatic rings. The van der Waals surface area contributed by atoms with E-state index in [-0.39, 0.29) is 23.9 Å². The quantitative estimate of drug-likeness (QED) is 0.827. The normalized spacial score (nSPS) is 24.3. The molecule has 2 fully saturated rings. The van der Waals surface area contributed by atoms with E-state index in [1.807, 2.05) is 11.9 Å². The Kier molecular flexibility index (Phi) is 6.19. The van der Waals surface area contributed by atoms with Crippen molar-refractivity contribution in [3.63, 3.8) is 0 Å². The Bertz CT molecular complexity index is 637. The molecule has 2 heterocycles. The summed E-state index contributed by atoms with van der Waals surface area (Å²) in [5.74, 6) is 0.421. The number of aromatic nitrogens is 2. The van der Waals surface area contributed by atoms with Crippen molar-refractivity contribution in [2.45, 2.75) is 57.5 Å². The summed E-state index contributed by atoms with van der Waals surface area (Å²) in [6.07, 6.45) is 9.02. The lowest BCUT2D eigenvalue weighted by atomic mass is 9.81. The molecule has 2 N–H and O–H groups in total. The minimum atomic E-state index is -0.155. The van der Waals surface area contributed by atoms with Gasteiger partial charge >= 0.3 is 0 Å². The third-order valence-electron chi connectivity index (χ3n) is 5.67. The summed E-state index contributed by atoms with van der Waals surface area (Å²) in [4.78, 5) is 35.4. The van der Waals surface area contributed by atoms with Gasteiger partial charge in [0, 0.05) is 31.5 Å². The van der Waals surface area contributed by atoms with Crippen LogP contribution >= 0.6 is 0 Å². The zero-order valence-electron chi connectivity index (χ0n) is 15.7. The van der Waals surface area contributed by atoms with Crippen LogP contribution in [0, 0.1) is 12.8 Å². The second kappa shape index (κ2) is 8.58. The summed E-state index contributed by atoms with van der Waals surface area (Å²) in [6.45, 7) is 3.57. The Morgan fingerprint density at radius 1 is 1.12 bits per heavy atom. The molecule has 1 aliphatic heterocycles. The van der Waals surface area contributed by atoms with Gasteiger partial charge < -0.3 is 15.5 Å². The van der Waals surface area contributed by atoms with Crippen molar-refractivity contribution in [2.75, 3.05) is 20.1 Å². The molecule has 1 aromatic heterocycles. The van der Waals surface area contributed by atoms with E-state index in [0.717, 1.165) is 51.6 Å². The van der Waals surface area contributed by atoms with Crippen molar-refractivity contribution in [2.24, 2.45) is 5.92 Å². The number of hydrogen-bond acceptors (Lipinski definition) is 5. The molecule has 0 bridgehead atoms. The fourth-order valence-corrected chi connectivity index (χ4v) is 4.18. The van der Waals surface area contributed by atoms with Gasteiger partial charge in [0.05, 0.1) is 11.7 Å². The lowest BCUT2D eigenvalue weighted by molar-refractivity contribution is -0.134. The molecule has 0 spiro atoms. The Labute approximate surface area is 155 Å². The highest BCUT2D eigenvalue weighted by Crippen LogP contribution is 2.28. The highest BCUT2D eigenvalue weighted by molar-refractivity contribution is 5.93. The molecule has 1 aromatic rings. The number of nitrogens with zero attached hydrogens (tertiary/aromatic N) is 3. The summed E-state index contributed by atoms with van der Waals surface area (Å²) in [5, 5.41) is 6.32. The molecular weight excluding hydrogens is 330 g/mol. The fourth-order valence-electron chi connectivity index (χ4n) is 4.18. The lowest BCUT2D eigenvalue weighted by Crippen LogP contribution is -2.50. The van der Waals surface area contributed by atoms with Crippen LogP contribution in [-0.4, -0.2) is 58.9 Å². The lowest BCUT2D eigenvalue weighted by Gasteiger charge is -2.35. The first-order valence-electron chi connectivity index (χ1n) is 9.64. The van der Waals surface area contributed by atoms with Gasteiger partial charge in [-0.05, 0) is 58.4 Å². The third-order valence-corrected chi connectivity index (χ3v) is 5.67. The molecule has 3 rings (SSSR count). The van der Waals surface area contributed by atoms with Gasteiger partial charge in [-0.2, -0.15) is 0 Å². The number of carbonyl (C=O) groups is 2. The maximum atomic E-state index is 12.7. The minimum absolute atomic E-state index is 0.105. The average Bonchev–Trinajstić information content (AvgIpc) is 3.18. The number of hydrogen-bond donors (Lipinski definition) is 2. The molecular formula is C19H29N5O2. The first kappa shape index (κ1) is 18.8. The smallest absolute Gasteiger partial charge is 0.271 e. The number of carbonyl (C=O) groups excluding carboxylic acids is 2. The number of likely N-dealkylation sites (tertiary alicyclic amines) is 1. The second-order valence-electron chi connectivity index (χ2n) is 7.37. The average molecular weight is 359 g/mol. The van der Waals surface area contributed by atoms with Gasteiger partial charge in [-0.3, -0.25) is 14.6 Å². The molecule has 142 valence electrons. The van der Waals surface area contributed by atoms with Gasteiger partial charge in [0.25, 0.3) is 5.91 Å². The number of nitrogens with one attached hydrogen (secondary N) is 2. The van der Waals surface area contributed by atoms with Crippen LogP contribution in [0.25, 0.3) is 0 Å². The number of amides is 2. The maximum Gasteiger partial charge on any atom is 0.271 e. The topological polar surface area (TPSA) is 87.2 Å². The van der Waals surface area contributed by atoms with Crippen molar-refractivity contribution >= 4 is 11.8 Å². The zero-order valence-corrected chi connectivity index (χ0v) is 15.7. The van der Waals surface area contributed by atoms with E-state index in [1.54, 1.807) is 19.3 Å². The van der Waals surface area contributed by atoms with E-state index in [9.17, 15) is 9.59 Å². The van der Waals surface area contributed by atoms with Crippen LogP contribution in [0.5, 0.6) is 0 Å². The van der Waals surface area contributed by atoms with E-state index in [2.05, 4.69) is 20.6 Å². The molecule has 0 unspecified atom stereocenters. The predicted octanol–water partition coefficient (Wildman–Crippen LogP) is 1.28. The van der Waals surface area contributed by atoms with Crippen LogP contribution in [0.3, 0.4) is 0 Å². The molecule has 26 heavy (non-hydrogen) atoms. The summed E-state index contributed by atoms with van der Waals surface area (Å²) in [6, 6.07) is 0.0338. The Morgan fingerprint density at radius 2 is 1.77 bits per heavy atom. The van der Waals surface area contributed by atoms with E-state index >= 15 is 0 Å². The van der Waals surface area contributed by atoms with Crippen LogP contribution < -0.4 is 10.6 Å². The summed E-state index contributed by atoms with van der Waals surface area (Å²) in [7, 11) is 1.88. The van der Waals surface area contributed by atoms with E-state index < -0.39 is 0 Å². The minimum Gasteiger partial charge on any atom is -0.348 e. The summed E-state index contributed by atoms with van der Waals surface area (Å²) >= 11 is 0. The van der Waals surface area contributed by atoms with Crippen molar-refractivity contribution < 1.29 is 9.59 Å². The monoisotopic (exact) mass is 359 g/mol. The Morgan fingerprint density at radius 3 is 2.38 bits per heavy atom. The van der Waals surface area contributed by atoms with Crippen molar-refractivity contribution in [3.8, 4) is 0 Å². The van der Waals surface area contributed by atoms with Crippen LogP contribution in [0.2, 0.25) is 0 Å². The largest absolute Gasteiger partial charge is 0.348 e. The van der Waals surface area contributed by atoms with E-state index in [1.165, 1.54) is 0 Å². The number of aryl methyl sites for hydroxylation is 1. The summed E-state index contributed by atoms with van der Waals surface area (Å²) < 4.78 is 0. The molecule has 7 nitrogen and oxygen atoms in total. The molecule has 1 saturated heterocycles. The number of rotatable bonds is 5. The highest BCUT2D eigenvalue weighted by Gasteiger charge is 2.34. The van der Waals surface area contributed by atoms with Crippen LogP contribution in [0.15, 0.2) is 12.4 Å². The Hall–Kier alpha value is -2.02. The van der Waals surface area contributed by atoms with Crippen LogP contribution in [0.1, 0.15) is 54.7 Å². The first-order valence-corrected chi connectivity index (χ1v) is 9.64. The second-order valence-corrected chi connectivity index (χ2v) is 7.37. The molecule has 1 atom stereocenters. The molecule has 7 heteroatoms. The van der Waals surface area contributed by atoms with Gasteiger partial charge in [-0.25, -0.2) is 4.98 Å². The number of likely N-dealkylation sites (N-methyl/N-ethyl adjacent to an activating group) is 1. The third kappa shape index (κ3) is 4.20. The van der Waals surface area contributed by atoms with Gasteiger partial charge in [-0.1, -0.05) is 0 Å². The molecule has 1 saturated carbocycles. The Balaban J connectivity index is 1.52.